The first kappa shape index (κ1) is 16.0. The van der Waals surface area contributed by atoms with Gasteiger partial charge in [0.05, 0.1) is 15.8 Å². The van der Waals surface area contributed by atoms with E-state index in [9.17, 15) is 13.2 Å². The molecule has 5 nitrogen and oxygen atoms in total. The number of nitrogens with zero attached hydrogens (tertiary/aromatic N) is 2. The molecule has 0 aliphatic heterocycles. The molecule has 0 bridgehead atoms. The maximum absolute atomic E-state index is 12.4. The van der Waals surface area contributed by atoms with Crippen molar-refractivity contribution < 1.29 is 8.42 Å². The second-order valence-corrected chi connectivity index (χ2v) is 8.01. The number of hydrogen-bond donors (Lipinski definition) is 0. The van der Waals surface area contributed by atoms with Gasteiger partial charge in [-0.05, 0) is 30.5 Å². The first-order chi connectivity index (χ1) is 9.70. The fourth-order valence-electron chi connectivity index (χ4n) is 2.09. The lowest BCUT2D eigenvalue weighted by atomic mass is 10.1. The first-order valence-electron chi connectivity index (χ1n) is 6.64. The third kappa shape index (κ3) is 3.44. The summed E-state index contributed by atoms with van der Waals surface area (Å²) in [5.41, 5.74) is 0.224. The molecule has 1 heterocycles. The number of hydrogen-bond acceptors (Lipinski definition) is 4. The van der Waals surface area contributed by atoms with Gasteiger partial charge in [0, 0.05) is 24.2 Å². The molecule has 0 spiro atoms. The van der Waals surface area contributed by atoms with Crippen LogP contribution in [0.1, 0.15) is 26.1 Å². The summed E-state index contributed by atoms with van der Waals surface area (Å²) < 4.78 is 24.2. The third-order valence-electron chi connectivity index (χ3n) is 3.37. The summed E-state index contributed by atoms with van der Waals surface area (Å²) in [6.45, 7) is 4.22. The van der Waals surface area contributed by atoms with Gasteiger partial charge >= 0.3 is 0 Å². The summed E-state index contributed by atoms with van der Waals surface area (Å²) in [6, 6.07) is 4.16. The molecule has 0 unspecified atom stereocenters. The number of aromatic nitrogens is 2. The van der Waals surface area contributed by atoms with E-state index in [2.05, 4.69) is 18.8 Å². The molecule has 2 aromatic rings. The SMILES string of the molecule is CC(C)CCc1nc2ccc(S(=O)(=O)Cl)cc2c(=O)n1C. The van der Waals surface area contributed by atoms with Crippen molar-refractivity contribution >= 4 is 30.6 Å². The summed E-state index contributed by atoms with van der Waals surface area (Å²) in [5.74, 6) is 1.21. The Bertz CT molecular complexity index is 841. The highest BCUT2D eigenvalue weighted by Crippen LogP contribution is 2.19. The molecule has 1 aromatic carbocycles. The van der Waals surface area contributed by atoms with Crippen molar-refractivity contribution in [1.29, 1.82) is 0 Å². The van der Waals surface area contributed by atoms with Crippen LogP contribution in [0.2, 0.25) is 0 Å². The van der Waals surface area contributed by atoms with Crippen LogP contribution in [0.25, 0.3) is 10.9 Å². The normalized spacial score (nSPS) is 12.2. The van der Waals surface area contributed by atoms with Crippen LogP contribution >= 0.6 is 10.7 Å². The summed E-state index contributed by atoms with van der Waals surface area (Å²) in [5, 5.41) is 0.257. The maximum atomic E-state index is 12.4. The van der Waals surface area contributed by atoms with Gasteiger partial charge in [0.2, 0.25) is 0 Å². The molecule has 7 heteroatoms. The van der Waals surface area contributed by atoms with E-state index in [1.165, 1.54) is 22.8 Å². The molecule has 0 N–H and O–H groups in total. The highest BCUT2D eigenvalue weighted by Gasteiger charge is 2.14. The zero-order valence-corrected chi connectivity index (χ0v) is 13.7. The molecular weight excluding hydrogens is 312 g/mol. The van der Waals surface area contributed by atoms with Crippen molar-refractivity contribution in [3.05, 3.63) is 34.4 Å². The Labute approximate surface area is 128 Å². The summed E-state index contributed by atoms with van der Waals surface area (Å²) in [4.78, 5) is 16.7. The lowest BCUT2D eigenvalue weighted by molar-refractivity contribution is 0.560. The summed E-state index contributed by atoms with van der Waals surface area (Å²) in [6.07, 6.45) is 1.63. The zero-order chi connectivity index (χ0) is 15.8. The van der Waals surface area contributed by atoms with Gasteiger partial charge in [-0.3, -0.25) is 9.36 Å². The van der Waals surface area contributed by atoms with Crippen molar-refractivity contribution in [1.82, 2.24) is 9.55 Å². The Hall–Kier alpha value is -1.40. The molecule has 0 aliphatic carbocycles. The van der Waals surface area contributed by atoms with E-state index in [-0.39, 0.29) is 15.8 Å². The van der Waals surface area contributed by atoms with E-state index in [1.54, 1.807) is 7.05 Å². The Balaban J connectivity index is 2.61. The first-order valence-corrected chi connectivity index (χ1v) is 8.95. The molecular formula is C14H17ClN2O3S. The van der Waals surface area contributed by atoms with Crippen LogP contribution in [0.4, 0.5) is 0 Å². The molecule has 114 valence electrons. The predicted octanol–water partition coefficient (Wildman–Crippen LogP) is 2.45. The van der Waals surface area contributed by atoms with Crippen molar-refractivity contribution in [3.63, 3.8) is 0 Å². The zero-order valence-electron chi connectivity index (χ0n) is 12.1. The Morgan fingerprint density at radius 2 is 2.00 bits per heavy atom. The van der Waals surface area contributed by atoms with Crippen LogP contribution in [0.3, 0.4) is 0 Å². The van der Waals surface area contributed by atoms with Gasteiger partial charge in [-0.2, -0.15) is 0 Å². The smallest absolute Gasteiger partial charge is 0.261 e. The van der Waals surface area contributed by atoms with E-state index in [1.807, 2.05) is 0 Å². The number of halogens is 1. The highest BCUT2D eigenvalue weighted by molar-refractivity contribution is 8.13. The number of benzene rings is 1. The van der Waals surface area contributed by atoms with Crippen LogP contribution in [-0.4, -0.2) is 18.0 Å². The number of fused-ring (bicyclic) bond motifs is 1. The molecule has 2 rings (SSSR count). The van der Waals surface area contributed by atoms with Gasteiger partial charge in [0.25, 0.3) is 14.6 Å². The average Bonchev–Trinajstić information content (AvgIpc) is 2.39. The lowest BCUT2D eigenvalue weighted by Crippen LogP contribution is -2.22. The molecule has 1 aromatic heterocycles. The maximum Gasteiger partial charge on any atom is 0.261 e. The molecule has 0 radical (unpaired) electrons. The summed E-state index contributed by atoms with van der Waals surface area (Å²) in [7, 11) is 3.10. The largest absolute Gasteiger partial charge is 0.299 e. The highest BCUT2D eigenvalue weighted by atomic mass is 35.7. The molecule has 0 fully saturated rings. The van der Waals surface area contributed by atoms with Crippen molar-refractivity contribution in [2.24, 2.45) is 13.0 Å². The van der Waals surface area contributed by atoms with Crippen molar-refractivity contribution in [2.45, 2.75) is 31.6 Å². The van der Waals surface area contributed by atoms with Gasteiger partial charge < -0.3 is 0 Å². The van der Waals surface area contributed by atoms with Crippen LogP contribution in [0.15, 0.2) is 27.9 Å². The molecule has 21 heavy (non-hydrogen) atoms. The Morgan fingerprint density at radius 1 is 1.33 bits per heavy atom. The van der Waals surface area contributed by atoms with Gasteiger partial charge in [-0.15, -0.1) is 0 Å². The Kier molecular flexibility index (Phi) is 4.39. The Morgan fingerprint density at radius 3 is 2.57 bits per heavy atom. The predicted molar refractivity (Wildman–Crippen MR) is 83.2 cm³/mol. The van der Waals surface area contributed by atoms with Crippen LogP contribution < -0.4 is 5.56 Å². The molecule has 0 saturated carbocycles. The van der Waals surface area contributed by atoms with E-state index < -0.39 is 9.05 Å². The van der Waals surface area contributed by atoms with Crippen LogP contribution in [-0.2, 0) is 22.5 Å². The van der Waals surface area contributed by atoms with Crippen molar-refractivity contribution in [2.75, 3.05) is 0 Å². The van der Waals surface area contributed by atoms with Crippen LogP contribution in [0, 0.1) is 5.92 Å². The molecule has 0 amide bonds. The number of rotatable bonds is 4. The second kappa shape index (κ2) is 5.77. The van der Waals surface area contributed by atoms with Gasteiger partial charge in [-0.25, -0.2) is 13.4 Å². The molecule has 0 saturated heterocycles. The van der Waals surface area contributed by atoms with Crippen LogP contribution in [0.5, 0.6) is 0 Å². The molecule has 0 atom stereocenters. The lowest BCUT2D eigenvalue weighted by Gasteiger charge is -2.10. The summed E-state index contributed by atoms with van der Waals surface area (Å²) >= 11 is 0. The van der Waals surface area contributed by atoms with Gasteiger partial charge in [0.1, 0.15) is 5.82 Å². The topological polar surface area (TPSA) is 69.0 Å². The fraction of sp³-hybridized carbons (Fsp3) is 0.429. The van der Waals surface area contributed by atoms with Gasteiger partial charge in [0.15, 0.2) is 0 Å². The van der Waals surface area contributed by atoms with Gasteiger partial charge in [-0.1, -0.05) is 13.8 Å². The fourth-order valence-corrected chi connectivity index (χ4v) is 2.87. The van der Waals surface area contributed by atoms with E-state index in [0.29, 0.717) is 23.7 Å². The minimum atomic E-state index is -3.86. The van der Waals surface area contributed by atoms with Crippen molar-refractivity contribution in [3.8, 4) is 0 Å². The number of aryl methyl sites for hydroxylation is 1. The quantitative estimate of drug-likeness (QED) is 0.808. The molecule has 0 aliphatic rings. The van der Waals surface area contributed by atoms with E-state index in [0.717, 1.165) is 6.42 Å². The van der Waals surface area contributed by atoms with E-state index in [4.69, 9.17) is 10.7 Å². The second-order valence-electron chi connectivity index (χ2n) is 5.44. The third-order valence-corrected chi connectivity index (χ3v) is 4.72. The monoisotopic (exact) mass is 328 g/mol. The minimum absolute atomic E-state index is 0.0921. The average molecular weight is 329 g/mol. The van der Waals surface area contributed by atoms with E-state index >= 15 is 0 Å². The minimum Gasteiger partial charge on any atom is -0.299 e. The standard InChI is InChI=1S/C14H17ClN2O3S/c1-9(2)4-7-13-16-12-6-5-10(21(15,19)20)8-11(12)14(18)17(13)3/h5-6,8-9H,4,7H2,1-3H3.